The normalized spacial score (nSPS) is 19.8. The largest absolute Gasteiger partial charge is 0.472 e. The molecule has 1 unspecified atom stereocenters. The molecule has 0 bridgehead atoms. The minimum Gasteiger partial charge on any atom is -0.462 e. The number of hydrogen-bond donors (Lipinski definition) is 5. The van der Waals surface area contributed by atoms with E-state index in [2.05, 4.69) is 67.0 Å². The third-order valence-corrected chi connectivity index (χ3v) is 11.2. The van der Waals surface area contributed by atoms with Gasteiger partial charge in [0.15, 0.2) is 6.10 Å². The molecule has 0 aromatic heterocycles. The summed E-state index contributed by atoms with van der Waals surface area (Å²) < 4.78 is 32.7. The van der Waals surface area contributed by atoms with Crippen LogP contribution in [0.5, 0.6) is 0 Å². The summed E-state index contributed by atoms with van der Waals surface area (Å²) in [7, 11) is -4.71. The van der Waals surface area contributed by atoms with E-state index in [1.807, 2.05) is 12.2 Å². The highest BCUT2D eigenvalue weighted by molar-refractivity contribution is 7.47. The van der Waals surface area contributed by atoms with Gasteiger partial charge in [-0.2, -0.15) is 0 Å². The number of esters is 2. The van der Waals surface area contributed by atoms with Gasteiger partial charge >= 0.3 is 19.8 Å². The van der Waals surface area contributed by atoms with Crippen molar-refractivity contribution in [2.24, 2.45) is 11.8 Å². The van der Waals surface area contributed by atoms with Crippen LogP contribution in [0.15, 0.2) is 72.9 Å². The molecule has 0 saturated heterocycles. The molecule has 62 heavy (non-hydrogen) atoms. The van der Waals surface area contributed by atoms with Crippen LogP contribution in [0.25, 0.3) is 0 Å². The number of allylic oxidation sites excluding steroid dienone is 11. The van der Waals surface area contributed by atoms with Crippen molar-refractivity contribution in [2.45, 2.75) is 173 Å². The molecule has 0 amide bonds. The molecule has 13 nitrogen and oxygen atoms in total. The molecule has 0 aromatic rings. The number of ether oxygens (including phenoxy) is 2. The molecule has 1 fully saturated rings. The van der Waals surface area contributed by atoms with E-state index in [4.69, 9.17) is 19.1 Å². The predicted molar refractivity (Wildman–Crippen MR) is 243 cm³/mol. The number of phosphoric acid groups is 1. The average molecular weight is 895 g/mol. The lowest BCUT2D eigenvalue weighted by Gasteiger charge is -2.20. The second-order valence-corrected chi connectivity index (χ2v) is 17.3. The number of unbranched alkanes of at least 4 members (excludes halogenated alkanes) is 9. The first kappa shape index (κ1) is 57.0. The van der Waals surface area contributed by atoms with Crippen LogP contribution in [0.4, 0.5) is 0 Å². The van der Waals surface area contributed by atoms with Crippen LogP contribution in [0.1, 0.15) is 149 Å². The molecule has 0 radical (unpaired) electrons. The van der Waals surface area contributed by atoms with Gasteiger partial charge in [-0.05, 0) is 77.0 Å². The second-order valence-electron chi connectivity index (χ2n) is 15.9. The van der Waals surface area contributed by atoms with Gasteiger partial charge in [0.25, 0.3) is 0 Å². The molecule has 1 aliphatic carbocycles. The number of aliphatic hydroxyl groups is 4. The zero-order chi connectivity index (χ0) is 45.7. The maximum atomic E-state index is 12.7. The van der Waals surface area contributed by atoms with Crippen LogP contribution in [0.3, 0.4) is 0 Å². The highest BCUT2D eigenvalue weighted by atomic mass is 31.2. The van der Waals surface area contributed by atoms with Crippen molar-refractivity contribution < 1.29 is 62.8 Å². The fourth-order valence-corrected chi connectivity index (χ4v) is 7.33. The average Bonchev–Trinajstić information content (AvgIpc) is 3.52. The molecule has 0 aromatic carbocycles. The third-order valence-electron chi connectivity index (χ3n) is 10.2. The summed E-state index contributed by atoms with van der Waals surface area (Å²) in [5, 5.41) is 39.1. The number of aliphatic hydroxyl groups excluding tert-OH is 4. The first-order chi connectivity index (χ1) is 29.9. The first-order valence-electron chi connectivity index (χ1n) is 23.0. The van der Waals surface area contributed by atoms with Crippen molar-refractivity contribution in [3.63, 3.8) is 0 Å². The van der Waals surface area contributed by atoms with Gasteiger partial charge in [-0.25, -0.2) is 4.57 Å². The van der Waals surface area contributed by atoms with Crippen LogP contribution < -0.4 is 0 Å². The topological polar surface area (TPSA) is 206 Å². The monoisotopic (exact) mass is 895 g/mol. The van der Waals surface area contributed by atoms with Crippen LogP contribution >= 0.6 is 7.82 Å². The molecule has 5 N–H and O–H groups in total. The minimum atomic E-state index is -4.71. The molecule has 14 heteroatoms. The van der Waals surface area contributed by atoms with Gasteiger partial charge in [-0.15, -0.1) is 0 Å². The van der Waals surface area contributed by atoms with Crippen molar-refractivity contribution in [1.82, 2.24) is 0 Å². The van der Waals surface area contributed by atoms with Crippen molar-refractivity contribution in [3.05, 3.63) is 72.9 Å². The summed E-state index contributed by atoms with van der Waals surface area (Å²) in [6.45, 7) is 1.89. The Hall–Kier alpha value is -3.00. The lowest BCUT2D eigenvalue weighted by Crippen LogP contribution is -2.29. The molecule has 0 spiro atoms. The Bertz CT molecular complexity index is 1420. The minimum absolute atomic E-state index is 0.0178. The number of carbonyl (C=O) groups excluding carboxylic acids is 3. The number of ketones is 1. The standard InChI is InChI=1S/C48H79O13P/c1-3-5-7-8-9-10-11-12-13-14-15-16-17-18-19-20-21-22-27-31-47(54)58-38-42(39-60-62(56,57)59-37-41(51)36-49)61-48(55)32-28-24-23-26-30-43-44(46(53)35-45(43)52)34-33-40(50)29-25-6-4-2/h9-10,12-13,15-16,18-19,23,26,33-34,40-45,49-52H,3-8,11,14,17,20-22,24-25,27-32,35-39H2,1-2H3,(H,56,57)/b10-9-,13-12-,16-15-,19-18-,26-23-,34-33+/t40-,41-,42+,43+,44+,45-/m0/s1. The molecule has 7 atom stereocenters. The van der Waals surface area contributed by atoms with Crippen LogP contribution in [0, 0.1) is 11.8 Å². The number of rotatable bonds is 38. The predicted octanol–water partition coefficient (Wildman–Crippen LogP) is 9.03. The van der Waals surface area contributed by atoms with Crippen LogP contribution in [0.2, 0.25) is 0 Å². The molecule has 1 saturated carbocycles. The van der Waals surface area contributed by atoms with E-state index in [1.54, 1.807) is 12.2 Å². The quantitative estimate of drug-likeness (QED) is 0.0170. The van der Waals surface area contributed by atoms with Gasteiger partial charge in [0.1, 0.15) is 18.5 Å². The Morgan fingerprint density at radius 1 is 0.726 bits per heavy atom. The summed E-state index contributed by atoms with van der Waals surface area (Å²) in [5.74, 6) is -2.00. The number of carbonyl (C=O) groups is 3. The Kier molecular flexibility index (Phi) is 34.4. The summed E-state index contributed by atoms with van der Waals surface area (Å²) in [5.41, 5.74) is 0. The van der Waals surface area contributed by atoms with E-state index in [0.717, 1.165) is 64.2 Å². The van der Waals surface area contributed by atoms with E-state index >= 15 is 0 Å². The zero-order valence-corrected chi connectivity index (χ0v) is 38.4. The lowest BCUT2D eigenvalue weighted by atomic mass is 9.90. The second kappa shape index (κ2) is 37.4. The summed E-state index contributed by atoms with van der Waals surface area (Å²) in [4.78, 5) is 47.7. The number of Topliss-reactive ketones (excluding diaryl/α,β-unsaturated/α-hetero) is 1. The molecule has 0 aliphatic heterocycles. The molecule has 354 valence electrons. The summed E-state index contributed by atoms with van der Waals surface area (Å²) in [6.07, 6.45) is 36.6. The van der Waals surface area contributed by atoms with Gasteiger partial charge in [0.2, 0.25) is 0 Å². The summed E-state index contributed by atoms with van der Waals surface area (Å²) in [6, 6.07) is 0. The van der Waals surface area contributed by atoms with Gasteiger partial charge < -0.3 is 34.8 Å². The fourth-order valence-electron chi connectivity index (χ4n) is 6.54. The first-order valence-corrected chi connectivity index (χ1v) is 24.5. The maximum absolute atomic E-state index is 12.7. The van der Waals surface area contributed by atoms with Crippen molar-refractivity contribution in [2.75, 3.05) is 26.4 Å². The van der Waals surface area contributed by atoms with Crippen LogP contribution in [-0.2, 0) is 37.5 Å². The van der Waals surface area contributed by atoms with Gasteiger partial charge in [0, 0.05) is 31.1 Å². The number of hydrogen-bond acceptors (Lipinski definition) is 12. The van der Waals surface area contributed by atoms with Gasteiger partial charge in [-0.3, -0.25) is 23.4 Å². The highest BCUT2D eigenvalue weighted by Gasteiger charge is 2.39. The zero-order valence-electron chi connectivity index (χ0n) is 37.5. The highest BCUT2D eigenvalue weighted by Crippen LogP contribution is 2.43. The van der Waals surface area contributed by atoms with Crippen molar-refractivity contribution in [1.29, 1.82) is 0 Å². The molecular formula is C48H79O13P. The van der Waals surface area contributed by atoms with Gasteiger partial charge in [-0.1, -0.05) is 125 Å². The van der Waals surface area contributed by atoms with Crippen LogP contribution in [-0.4, -0.2) is 93.9 Å². The molecule has 0 heterocycles. The van der Waals surface area contributed by atoms with E-state index in [9.17, 15) is 39.2 Å². The lowest BCUT2D eigenvalue weighted by molar-refractivity contribution is -0.161. The maximum Gasteiger partial charge on any atom is 0.472 e. The Balaban J connectivity index is 2.48. The Morgan fingerprint density at radius 2 is 1.29 bits per heavy atom. The molecule has 1 aliphatic rings. The number of phosphoric ester groups is 1. The van der Waals surface area contributed by atoms with Crippen molar-refractivity contribution in [3.8, 4) is 0 Å². The van der Waals surface area contributed by atoms with Gasteiger partial charge in [0.05, 0.1) is 32.0 Å². The van der Waals surface area contributed by atoms with E-state index in [1.165, 1.54) is 19.3 Å². The molecular weight excluding hydrogens is 815 g/mol. The summed E-state index contributed by atoms with van der Waals surface area (Å²) >= 11 is 0. The van der Waals surface area contributed by atoms with Crippen molar-refractivity contribution >= 4 is 25.5 Å². The Morgan fingerprint density at radius 3 is 1.94 bits per heavy atom. The molecule has 1 rings (SSSR count). The third kappa shape index (κ3) is 30.9. The van der Waals surface area contributed by atoms with E-state index < -0.39 is 76.5 Å². The van der Waals surface area contributed by atoms with E-state index in [-0.39, 0.29) is 31.0 Å². The van der Waals surface area contributed by atoms with E-state index in [0.29, 0.717) is 32.1 Å². The smallest absolute Gasteiger partial charge is 0.462 e. The fraction of sp³-hybridized carbons (Fsp3) is 0.688. The SMILES string of the molecule is CCCCC/C=C\C/C=C\C/C=C\C/C=C\CCCCCC(=O)OC[C@H](COP(=O)(O)OC[C@@H](O)CO)OC(=O)CCC/C=C\C[C@H]1[C@@H](O)CC(=O)[C@@H]1/C=C/[C@@H](O)CCCCC. The Labute approximate surface area is 371 Å².